The van der Waals surface area contributed by atoms with E-state index in [1.807, 2.05) is 18.2 Å². The summed E-state index contributed by atoms with van der Waals surface area (Å²) in [5.41, 5.74) is 0.451. The molecule has 1 saturated heterocycles. The van der Waals surface area contributed by atoms with Gasteiger partial charge >= 0.3 is 0 Å². The van der Waals surface area contributed by atoms with Crippen molar-refractivity contribution in [1.82, 2.24) is 15.2 Å². The zero-order valence-electron chi connectivity index (χ0n) is 12.0. The standard InChI is InChI=1S/C10H22N2.C5H5N/c1-4-10(5-2)9-11-7-8-12(10)6-3;1-2-4-6-5-3-1/h11H,4-9H2,1-3H3;1-5H. The van der Waals surface area contributed by atoms with Crippen molar-refractivity contribution in [3.05, 3.63) is 30.6 Å². The number of hydrogen-bond donors (Lipinski definition) is 1. The number of rotatable bonds is 3. The maximum atomic E-state index is 3.78. The van der Waals surface area contributed by atoms with Crippen LogP contribution in [0.5, 0.6) is 0 Å². The third-order valence-corrected chi connectivity index (χ3v) is 3.95. The summed E-state index contributed by atoms with van der Waals surface area (Å²) in [6.45, 7) is 11.6. The van der Waals surface area contributed by atoms with Crippen LogP contribution in [0.3, 0.4) is 0 Å². The molecule has 1 N–H and O–H groups in total. The maximum absolute atomic E-state index is 3.78. The van der Waals surface area contributed by atoms with Crippen LogP contribution in [0.2, 0.25) is 0 Å². The van der Waals surface area contributed by atoms with Crippen LogP contribution in [-0.4, -0.2) is 41.6 Å². The molecule has 1 aliphatic rings. The van der Waals surface area contributed by atoms with Gasteiger partial charge in [-0.15, -0.1) is 0 Å². The summed E-state index contributed by atoms with van der Waals surface area (Å²) in [6, 6.07) is 5.72. The van der Waals surface area contributed by atoms with Gasteiger partial charge in [-0.05, 0) is 31.5 Å². The van der Waals surface area contributed by atoms with Crippen molar-refractivity contribution in [2.24, 2.45) is 0 Å². The van der Waals surface area contributed by atoms with Gasteiger partial charge in [-0.1, -0.05) is 26.8 Å². The molecule has 1 aliphatic heterocycles. The molecule has 2 rings (SSSR count). The molecule has 0 unspecified atom stereocenters. The summed E-state index contributed by atoms with van der Waals surface area (Å²) < 4.78 is 0. The largest absolute Gasteiger partial charge is 0.314 e. The van der Waals surface area contributed by atoms with E-state index in [9.17, 15) is 0 Å². The Morgan fingerprint density at radius 3 is 2.11 bits per heavy atom. The molecule has 1 aromatic rings. The van der Waals surface area contributed by atoms with E-state index >= 15 is 0 Å². The van der Waals surface area contributed by atoms with Gasteiger partial charge in [0.1, 0.15) is 0 Å². The van der Waals surface area contributed by atoms with Crippen LogP contribution in [-0.2, 0) is 0 Å². The summed E-state index contributed by atoms with van der Waals surface area (Å²) in [7, 11) is 0. The molecule has 0 amide bonds. The van der Waals surface area contributed by atoms with E-state index < -0.39 is 0 Å². The summed E-state index contributed by atoms with van der Waals surface area (Å²) in [4.78, 5) is 6.41. The second-order valence-electron chi connectivity index (χ2n) is 4.71. The van der Waals surface area contributed by atoms with Crippen molar-refractivity contribution in [1.29, 1.82) is 0 Å². The van der Waals surface area contributed by atoms with E-state index in [0.29, 0.717) is 5.54 Å². The second-order valence-corrected chi connectivity index (χ2v) is 4.71. The molecular weight excluding hydrogens is 222 g/mol. The second kappa shape index (κ2) is 8.22. The minimum absolute atomic E-state index is 0.451. The predicted octanol–water partition coefficient (Wildman–Crippen LogP) is 2.55. The first-order valence-corrected chi connectivity index (χ1v) is 7.09. The summed E-state index contributed by atoms with van der Waals surface area (Å²) in [6.07, 6.45) is 6.04. The Hall–Kier alpha value is -0.930. The first-order chi connectivity index (χ1) is 8.79. The fourth-order valence-corrected chi connectivity index (χ4v) is 2.64. The maximum Gasteiger partial charge on any atom is 0.0329 e. The lowest BCUT2D eigenvalue weighted by Crippen LogP contribution is -2.60. The summed E-state index contributed by atoms with van der Waals surface area (Å²) >= 11 is 0. The molecule has 0 atom stereocenters. The molecule has 2 heterocycles. The quantitative estimate of drug-likeness (QED) is 0.892. The van der Waals surface area contributed by atoms with E-state index in [2.05, 4.69) is 36.0 Å². The molecule has 0 radical (unpaired) electrons. The highest BCUT2D eigenvalue weighted by atomic mass is 15.3. The number of hydrogen-bond acceptors (Lipinski definition) is 3. The monoisotopic (exact) mass is 249 g/mol. The zero-order chi connectivity index (χ0) is 13.3. The third kappa shape index (κ3) is 4.07. The van der Waals surface area contributed by atoms with Crippen LogP contribution in [0.15, 0.2) is 30.6 Å². The van der Waals surface area contributed by atoms with Gasteiger partial charge in [0.15, 0.2) is 0 Å². The highest BCUT2D eigenvalue weighted by Gasteiger charge is 2.34. The van der Waals surface area contributed by atoms with E-state index in [1.54, 1.807) is 12.4 Å². The van der Waals surface area contributed by atoms with Gasteiger partial charge in [-0.25, -0.2) is 0 Å². The van der Waals surface area contributed by atoms with Crippen molar-refractivity contribution in [3.63, 3.8) is 0 Å². The van der Waals surface area contributed by atoms with Crippen molar-refractivity contribution in [3.8, 4) is 0 Å². The lowest BCUT2D eigenvalue weighted by Gasteiger charge is -2.46. The fourth-order valence-electron chi connectivity index (χ4n) is 2.64. The normalized spacial score (nSPS) is 18.8. The Morgan fingerprint density at radius 2 is 1.78 bits per heavy atom. The molecule has 3 nitrogen and oxygen atoms in total. The average molecular weight is 249 g/mol. The molecule has 1 fully saturated rings. The van der Waals surface area contributed by atoms with Crippen molar-refractivity contribution in [2.75, 3.05) is 26.2 Å². The molecule has 0 aromatic carbocycles. The molecular formula is C15H27N3. The lowest BCUT2D eigenvalue weighted by molar-refractivity contribution is 0.0576. The molecule has 0 aliphatic carbocycles. The number of aromatic nitrogens is 1. The van der Waals surface area contributed by atoms with Crippen molar-refractivity contribution < 1.29 is 0 Å². The van der Waals surface area contributed by atoms with E-state index in [-0.39, 0.29) is 0 Å². The van der Waals surface area contributed by atoms with Gasteiger partial charge in [0.2, 0.25) is 0 Å². The third-order valence-electron chi connectivity index (χ3n) is 3.95. The first-order valence-electron chi connectivity index (χ1n) is 7.09. The Kier molecular flexibility index (Phi) is 6.91. The lowest BCUT2D eigenvalue weighted by atomic mass is 9.89. The van der Waals surface area contributed by atoms with E-state index in [4.69, 9.17) is 0 Å². The molecule has 0 saturated carbocycles. The number of nitrogens with one attached hydrogen (secondary N) is 1. The zero-order valence-corrected chi connectivity index (χ0v) is 12.0. The minimum Gasteiger partial charge on any atom is -0.314 e. The highest BCUT2D eigenvalue weighted by molar-refractivity contribution is 4.93. The van der Waals surface area contributed by atoms with Gasteiger partial charge in [0.05, 0.1) is 0 Å². The Morgan fingerprint density at radius 1 is 1.11 bits per heavy atom. The van der Waals surface area contributed by atoms with Gasteiger partial charge in [-0.2, -0.15) is 0 Å². The van der Waals surface area contributed by atoms with Crippen LogP contribution >= 0.6 is 0 Å². The highest BCUT2D eigenvalue weighted by Crippen LogP contribution is 2.24. The number of nitrogens with zero attached hydrogens (tertiary/aromatic N) is 2. The van der Waals surface area contributed by atoms with E-state index in [0.717, 1.165) is 6.54 Å². The van der Waals surface area contributed by atoms with Gasteiger partial charge in [-0.3, -0.25) is 9.88 Å². The van der Waals surface area contributed by atoms with Crippen molar-refractivity contribution in [2.45, 2.75) is 39.2 Å². The summed E-state index contributed by atoms with van der Waals surface area (Å²) in [5, 5.41) is 3.50. The van der Waals surface area contributed by atoms with Crippen LogP contribution in [0, 0.1) is 0 Å². The molecule has 18 heavy (non-hydrogen) atoms. The van der Waals surface area contributed by atoms with E-state index in [1.165, 1.54) is 32.5 Å². The fraction of sp³-hybridized carbons (Fsp3) is 0.667. The Labute approximate surface area is 112 Å². The van der Waals surface area contributed by atoms with Gasteiger partial charge in [0, 0.05) is 37.6 Å². The van der Waals surface area contributed by atoms with Crippen LogP contribution in [0.1, 0.15) is 33.6 Å². The molecule has 3 heteroatoms. The topological polar surface area (TPSA) is 28.2 Å². The van der Waals surface area contributed by atoms with Gasteiger partial charge in [0.25, 0.3) is 0 Å². The van der Waals surface area contributed by atoms with Crippen LogP contribution in [0.4, 0.5) is 0 Å². The molecule has 1 aromatic heterocycles. The smallest absolute Gasteiger partial charge is 0.0329 e. The summed E-state index contributed by atoms with van der Waals surface area (Å²) in [5.74, 6) is 0. The predicted molar refractivity (Wildman–Crippen MR) is 77.7 cm³/mol. The minimum atomic E-state index is 0.451. The number of pyridine rings is 1. The van der Waals surface area contributed by atoms with Crippen LogP contribution < -0.4 is 5.32 Å². The SMILES string of the molecule is CCN1CCNCC1(CC)CC.c1ccncc1. The Balaban J connectivity index is 0.000000225. The first kappa shape index (κ1) is 15.1. The molecule has 0 bridgehead atoms. The van der Waals surface area contributed by atoms with Crippen molar-refractivity contribution >= 4 is 0 Å². The molecule has 0 spiro atoms. The molecule has 102 valence electrons. The average Bonchev–Trinajstić information content (AvgIpc) is 2.49. The number of piperazine rings is 1. The Bertz CT molecular complexity index is 269. The van der Waals surface area contributed by atoms with Crippen LogP contribution in [0.25, 0.3) is 0 Å². The number of likely N-dealkylation sites (N-methyl/N-ethyl adjacent to an activating group) is 1. The van der Waals surface area contributed by atoms with Gasteiger partial charge < -0.3 is 5.32 Å².